The fourth-order valence-electron chi connectivity index (χ4n) is 1.35. The highest BCUT2D eigenvalue weighted by molar-refractivity contribution is 6.32. The molecule has 0 fully saturated rings. The second kappa shape index (κ2) is 2.52. The molecule has 2 rings (SSSR count). The van der Waals surface area contributed by atoms with Gasteiger partial charge in [-0.1, -0.05) is 12.1 Å². The van der Waals surface area contributed by atoms with Crippen LogP contribution in [0.1, 0.15) is 0 Å². The van der Waals surface area contributed by atoms with Crippen molar-refractivity contribution in [1.29, 1.82) is 0 Å². The number of nitrogens with zero attached hydrogens (tertiary/aromatic N) is 1. The quantitative estimate of drug-likeness (QED) is 0.294. The molecule has 0 atom stereocenters. The Morgan fingerprint density at radius 2 is 2.00 bits per heavy atom. The van der Waals surface area contributed by atoms with Crippen LogP contribution in [0.15, 0.2) is 36.5 Å². The lowest BCUT2D eigenvalue weighted by Gasteiger charge is -2.01. The molecule has 0 saturated heterocycles. The summed E-state index contributed by atoms with van der Waals surface area (Å²) in [4.78, 5) is 0. The number of benzene rings is 1. The SMILES string of the molecule is Bc1cc2ccccc2[n+]([O-])c1. The fourth-order valence-corrected chi connectivity index (χ4v) is 1.35. The summed E-state index contributed by atoms with van der Waals surface area (Å²) in [6.45, 7) is 0. The summed E-state index contributed by atoms with van der Waals surface area (Å²) >= 11 is 0. The molecule has 0 aliphatic rings. The Morgan fingerprint density at radius 3 is 2.83 bits per heavy atom. The molecule has 1 aromatic carbocycles. The normalized spacial score (nSPS) is 10.3. The van der Waals surface area contributed by atoms with E-state index in [1.54, 1.807) is 6.20 Å². The number of pyridine rings is 1. The average Bonchev–Trinajstić information content (AvgIpc) is 2.04. The van der Waals surface area contributed by atoms with Crippen LogP contribution in [0.4, 0.5) is 0 Å². The van der Waals surface area contributed by atoms with Crippen LogP contribution >= 0.6 is 0 Å². The van der Waals surface area contributed by atoms with Gasteiger partial charge in [0.2, 0.25) is 5.52 Å². The summed E-state index contributed by atoms with van der Waals surface area (Å²) in [6, 6.07) is 9.57. The molecular formula is C9H8BNO. The maximum absolute atomic E-state index is 11.3. The Morgan fingerprint density at radius 1 is 1.25 bits per heavy atom. The zero-order valence-corrected chi connectivity index (χ0v) is 6.82. The summed E-state index contributed by atoms with van der Waals surface area (Å²) < 4.78 is 0.907. The maximum atomic E-state index is 11.3. The summed E-state index contributed by atoms with van der Waals surface area (Å²) in [6.07, 6.45) is 1.59. The van der Waals surface area contributed by atoms with Gasteiger partial charge < -0.3 is 5.21 Å². The van der Waals surface area contributed by atoms with Crippen molar-refractivity contribution in [3.05, 3.63) is 41.7 Å². The van der Waals surface area contributed by atoms with Gasteiger partial charge in [-0.15, -0.1) is 0 Å². The molecule has 1 aromatic heterocycles. The second-order valence-electron chi connectivity index (χ2n) is 2.90. The van der Waals surface area contributed by atoms with Gasteiger partial charge in [-0.25, -0.2) is 0 Å². The van der Waals surface area contributed by atoms with E-state index in [4.69, 9.17) is 0 Å². The summed E-state index contributed by atoms with van der Waals surface area (Å²) in [5, 5.41) is 12.3. The van der Waals surface area contributed by atoms with E-state index in [2.05, 4.69) is 0 Å². The molecule has 0 saturated carbocycles. The van der Waals surface area contributed by atoms with Crippen molar-refractivity contribution in [2.24, 2.45) is 0 Å². The average molecular weight is 157 g/mol. The summed E-state index contributed by atoms with van der Waals surface area (Å²) in [5.41, 5.74) is 1.71. The zero-order valence-electron chi connectivity index (χ0n) is 6.82. The van der Waals surface area contributed by atoms with Crippen LogP contribution in [0, 0.1) is 5.21 Å². The number of rotatable bonds is 0. The van der Waals surface area contributed by atoms with Crippen molar-refractivity contribution in [3.8, 4) is 0 Å². The topological polar surface area (TPSA) is 26.9 Å². The van der Waals surface area contributed by atoms with Gasteiger partial charge in [0.05, 0.1) is 0 Å². The van der Waals surface area contributed by atoms with Gasteiger partial charge in [0.25, 0.3) is 0 Å². The van der Waals surface area contributed by atoms with Crippen molar-refractivity contribution in [3.63, 3.8) is 0 Å². The molecule has 2 aromatic rings. The Balaban J connectivity index is 2.89. The highest BCUT2D eigenvalue weighted by Gasteiger charge is 2.01. The van der Waals surface area contributed by atoms with Gasteiger partial charge >= 0.3 is 0 Å². The van der Waals surface area contributed by atoms with Gasteiger partial charge in [-0.2, -0.15) is 4.73 Å². The van der Waals surface area contributed by atoms with Crippen LogP contribution in [0.5, 0.6) is 0 Å². The molecule has 0 aliphatic carbocycles. The molecule has 0 amide bonds. The highest BCUT2D eigenvalue weighted by atomic mass is 16.5. The van der Waals surface area contributed by atoms with Crippen LogP contribution in [0.2, 0.25) is 0 Å². The van der Waals surface area contributed by atoms with Crippen LogP contribution in [0.25, 0.3) is 10.9 Å². The van der Waals surface area contributed by atoms with Crippen LogP contribution in [0.3, 0.4) is 0 Å². The van der Waals surface area contributed by atoms with E-state index in [0.717, 1.165) is 21.1 Å². The molecule has 3 heteroatoms. The predicted octanol–water partition coefficient (Wildman–Crippen LogP) is -0.268. The Hall–Kier alpha value is -1.51. The van der Waals surface area contributed by atoms with E-state index >= 15 is 0 Å². The van der Waals surface area contributed by atoms with E-state index in [1.807, 2.05) is 38.2 Å². The summed E-state index contributed by atoms with van der Waals surface area (Å²) in [7, 11) is 1.92. The Kier molecular flexibility index (Phi) is 1.50. The van der Waals surface area contributed by atoms with Crippen molar-refractivity contribution >= 4 is 24.2 Å². The van der Waals surface area contributed by atoms with E-state index in [-0.39, 0.29) is 0 Å². The lowest BCUT2D eigenvalue weighted by molar-refractivity contribution is -0.576. The molecule has 0 spiro atoms. The van der Waals surface area contributed by atoms with Crippen LogP contribution in [-0.4, -0.2) is 7.85 Å². The third kappa shape index (κ3) is 1.03. The third-order valence-corrected chi connectivity index (χ3v) is 1.88. The maximum Gasteiger partial charge on any atom is 0.223 e. The molecule has 1 heterocycles. The van der Waals surface area contributed by atoms with Crippen molar-refractivity contribution in [1.82, 2.24) is 0 Å². The molecule has 0 unspecified atom stereocenters. The van der Waals surface area contributed by atoms with Gasteiger partial charge in [0.15, 0.2) is 6.20 Å². The van der Waals surface area contributed by atoms with Gasteiger partial charge in [-0.3, -0.25) is 0 Å². The van der Waals surface area contributed by atoms with E-state index in [1.165, 1.54) is 0 Å². The fraction of sp³-hybridized carbons (Fsp3) is 0. The van der Waals surface area contributed by atoms with Crippen LogP contribution < -0.4 is 10.2 Å². The van der Waals surface area contributed by atoms with Crippen molar-refractivity contribution < 1.29 is 4.73 Å². The van der Waals surface area contributed by atoms with Crippen LogP contribution in [-0.2, 0) is 0 Å². The van der Waals surface area contributed by atoms with Crippen molar-refractivity contribution in [2.45, 2.75) is 0 Å². The van der Waals surface area contributed by atoms with Gasteiger partial charge in [0.1, 0.15) is 7.85 Å². The standard InChI is InChI=1S/C9H8BNO/c10-8-5-7-3-1-2-4-9(7)11(12)6-8/h1-6H,10H2. The number of hydrogen-bond acceptors (Lipinski definition) is 1. The predicted molar refractivity (Wildman–Crippen MR) is 51.1 cm³/mol. The molecular weight excluding hydrogens is 149 g/mol. The zero-order chi connectivity index (χ0) is 8.55. The largest absolute Gasteiger partial charge is 0.618 e. The second-order valence-corrected chi connectivity index (χ2v) is 2.90. The Bertz CT molecular complexity index is 428. The molecule has 0 radical (unpaired) electrons. The number of fused-ring (bicyclic) bond motifs is 1. The van der Waals surface area contributed by atoms with Crippen molar-refractivity contribution in [2.75, 3.05) is 0 Å². The number of para-hydroxylation sites is 1. The molecule has 0 N–H and O–H groups in total. The minimum absolute atomic E-state index is 0.725. The first-order valence-corrected chi connectivity index (χ1v) is 3.86. The van der Waals surface area contributed by atoms with E-state index < -0.39 is 0 Å². The first kappa shape index (κ1) is 7.16. The van der Waals surface area contributed by atoms with Gasteiger partial charge in [0, 0.05) is 11.5 Å². The first-order valence-electron chi connectivity index (χ1n) is 3.86. The monoisotopic (exact) mass is 157 g/mol. The lowest BCUT2D eigenvalue weighted by Crippen LogP contribution is -2.31. The third-order valence-electron chi connectivity index (χ3n) is 1.88. The smallest absolute Gasteiger partial charge is 0.223 e. The Labute approximate surface area is 71.4 Å². The molecule has 0 bridgehead atoms. The number of hydrogen-bond donors (Lipinski definition) is 0. The minimum atomic E-state index is 0.725. The minimum Gasteiger partial charge on any atom is -0.618 e. The van der Waals surface area contributed by atoms with E-state index in [9.17, 15) is 5.21 Å². The molecule has 2 nitrogen and oxygen atoms in total. The lowest BCUT2D eigenvalue weighted by atomic mass is 9.97. The first-order chi connectivity index (χ1) is 5.77. The molecule has 58 valence electrons. The summed E-state index contributed by atoms with van der Waals surface area (Å²) in [5.74, 6) is 0. The molecule has 0 aliphatic heterocycles. The number of aromatic nitrogens is 1. The highest BCUT2D eigenvalue weighted by Crippen LogP contribution is 2.05. The van der Waals surface area contributed by atoms with E-state index in [0.29, 0.717) is 0 Å². The van der Waals surface area contributed by atoms with Gasteiger partial charge in [-0.05, 0) is 17.6 Å². The molecule has 12 heavy (non-hydrogen) atoms.